The smallest absolute Gasteiger partial charge is 0 e. The topological polar surface area (TPSA) is 0 Å². The number of hydrogen-bond donors (Lipinski definition) is 0. The van der Waals surface area contributed by atoms with E-state index in [0.29, 0.717) is 0 Å². The van der Waals surface area contributed by atoms with Crippen molar-refractivity contribution in [3.63, 3.8) is 0 Å². The van der Waals surface area contributed by atoms with Crippen LogP contribution in [0.1, 0.15) is 0 Å². The second-order valence-corrected chi connectivity index (χ2v) is 3.74. The van der Waals surface area contributed by atoms with E-state index in [0.717, 1.165) is 0 Å². The van der Waals surface area contributed by atoms with E-state index in [1.165, 1.54) is 21.9 Å². The molecule has 0 aromatic heterocycles. The molecule has 3 rings (SSSR count). The molecule has 76 valence electrons. The summed E-state index contributed by atoms with van der Waals surface area (Å²) in [7, 11) is 0. The average Bonchev–Trinajstić information content (AvgIpc) is 2.74. The molecule has 0 aliphatic heterocycles. The zero-order chi connectivity index (χ0) is 10.1. The Morgan fingerprint density at radius 2 is 1.44 bits per heavy atom. The van der Waals surface area contributed by atoms with Crippen molar-refractivity contribution >= 4 is 10.8 Å². The number of rotatable bonds is 1. The molecule has 0 N–H and O–H groups in total. The summed E-state index contributed by atoms with van der Waals surface area (Å²) in [6, 6.07) is 23.4. The van der Waals surface area contributed by atoms with Crippen molar-refractivity contribution in [2.45, 2.75) is 0 Å². The molecule has 0 bridgehead atoms. The zero-order valence-corrected chi connectivity index (χ0v) is 12.1. The first kappa shape index (κ1) is 11.9. The molecule has 0 unspecified atom stereocenters. The molecular weight excluding hydrogens is 324 g/mol. The summed E-state index contributed by atoms with van der Waals surface area (Å²) in [5.74, 6) is 0. The first-order valence-electron chi connectivity index (χ1n) is 5.14. The predicted molar refractivity (Wildman–Crippen MR) is 65.0 cm³/mol. The van der Waals surface area contributed by atoms with Crippen molar-refractivity contribution in [2.75, 3.05) is 0 Å². The van der Waals surface area contributed by atoms with E-state index in [1.807, 2.05) is 6.07 Å². The van der Waals surface area contributed by atoms with Gasteiger partial charge in [0.15, 0.2) is 0 Å². The molecule has 0 saturated carbocycles. The molecular formula is C15H11Nd-. The Labute approximate surface area is 128 Å². The van der Waals surface area contributed by atoms with Gasteiger partial charge < -0.3 is 0 Å². The van der Waals surface area contributed by atoms with Crippen molar-refractivity contribution in [1.29, 1.82) is 0 Å². The fourth-order valence-electron chi connectivity index (χ4n) is 1.95. The second-order valence-electron chi connectivity index (χ2n) is 3.74. The molecule has 0 aliphatic rings. The number of fused-ring (bicyclic) bond motifs is 1. The van der Waals surface area contributed by atoms with Crippen molar-refractivity contribution in [3.05, 3.63) is 66.7 Å². The quantitative estimate of drug-likeness (QED) is 0.584. The molecule has 0 radical (unpaired) electrons. The standard InChI is InChI=1S/C15H11.Nd/c1-2-6-12(7-3-1)15-10-13-8-4-5-9-14(13)11-15;/h1-11H;/q-1;. The minimum atomic E-state index is 0. The Hall–Kier alpha value is -0.599. The predicted octanol–water partition coefficient (Wildman–Crippen LogP) is 4.23. The van der Waals surface area contributed by atoms with Crippen molar-refractivity contribution in [2.24, 2.45) is 0 Å². The maximum atomic E-state index is 2.24. The molecule has 0 fully saturated rings. The Morgan fingerprint density at radius 1 is 0.750 bits per heavy atom. The molecule has 0 nitrogen and oxygen atoms in total. The van der Waals surface area contributed by atoms with E-state index in [-0.39, 0.29) is 40.8 Å². The van der Waals surface area contributed by atoms with Gasteiger partial charge in [-0.1, -0.05) is 54.1 Å². The van der Waals surface area contributed by atoms with Gasteiger partial charge in [0.05, 0.1) is 0 Å². The van der Waals surface area contributed by atoms with Gasteiger partial charge in [-0.3, -0.25) is 0 Å². The first-order valence-corrected chi connectivity index (χ1v) is 5.14. The molecule has 16 heavy (non-hydrogen) atoms. The molecule has 0 heterocycles. The van der Waals surface area contributed by atoms with E-state index in [2.05, 4.69) is 60.7 Å². The van der Waals surface area contributed by atoms with Crippen LogP contribution in [0.15, 0.2) is 66.7 Å². The Balaban J connectivity index is 0.000000963. The fourth-order valence-corrected chi connectivity index (χ4v) is 1.95. The second kappa shape index (κ2) is 5.15. The SMILES string of the molecule is [Nd].c1ccc(-c2cc3ccccc3[cH-]2)cc1. The summed E-state index contributed by atoms with van der Waals surface area (Å²) < 4.78 is 0. The van der Waals surface area contributed by atoms with Gasteiger partial charge in [-0.15, -0.1) is 34.5 Å². The Bertz CT molecular complexity index is 545. The third-order valence-corrected chi connectivity index (χ3v) is 2.73. The normalized spacial score (nSPS) is 10.0. The Morgan fingerprint density at radius 3 is 2.19 bits per heavy atom. The van der Waals surface area contributed by atoms with Crippen molar-refractivity contribution < 1.29 is 40.8 Å². The summed E-state index contributed by atoms with van der Waals surface area (Å²) in [6.07, 6.45) is 0. The van der Waals surface area contributed by atoms with Gasteiger partial charge in [-0.25, -0.2) is 0 Å². The molecule has 0 spiro atoms. The number of benzene rings is 2. The molecule has 3 aromatic rings. The van der Waals surface area contributed by atoms with Gasteiger partial charge in [0.25, 0.3) is 0 Å². The van der Waals surface area contributed by atoms with E-state index < -0.39 is 0 Å². The van der Waals surface area contributed by atoms with Crippen LogP contribution in [0.2, 0.25) is 0 Å². The summed E-state index contributed by atoms with van der Waals surface area (Å²) >= 11 is 0. The van der Waals surface area contributed by atoms with E-state index in [9.17, 15) is 0 Å². The first-order chi connectivity index (χ1) is 7.43. The molecule has 0 atom stereocenters. The van der Waals surface area contributed by atoms with Crippen LogP contribution in [-0.4, -0.2) is 0 Å². The van der Waals surface area contributed by atoms with Crippen LogP contribution in [0.5, 0.6) is 0 Å². The van der Waals surface area contributed by atoms with E-state index in [4.69, 9.17) is 0 Å². The molecule has 0 aliphatic carbocycles. The van der Waals surface area contributed by atoms with Crippen LogP contribution >= 0.6 is 0 Å². The summed E-state index contributed by atoms with van der Waals surface area (Å²) in [4.78, 5) is 0. The molecule has 0 saturated heterocycles. The summed E-state index contributed by atoms with van der Waals surface area (Å²) in [5, 5.41) is 2.63. The van der Waals surface area contributed by atoms with E-state index in [1.54, 1.807) is 0 Å². The van der Waals surface area contributed by atoms with Crippen LogP contribution in [0.25, 0.3) is 21.9 Å². The maximum absolute atomic E-state index is 2.24. The fraction of sp³-hybridized carbons (Fsp3) is 0. The van der Waals surface area contributed by atoms with Crippen LogP contribution in [0.3, 0.4) is 0 Å². The maximum Gasteiger partial charge on any atom is 0 e. The van der Waals surface area contributed by atoms with Crippen LogP contribution in [0, 0.1) is 40.8 Å². The molecule has 0 amide bonds. The molecule has 3 aromatic carbocycles. The van der Waals surface area contributed by atoms with Crippen LogP contribution < -0.4 is 0 Å². The minimum Gasteiger partial charge on any atom is -0.145 e. The van der Waals surface area contributed by atoms with Gasteiger partial charge >= 0.3 is 0 Å². The minimum absolute atomic E-state index is 0. The summed E-state index contributed by atoms with van der Waals surface area (Å²) in [6.45, 7) is 0. The molecule has 1 heteroatoms. The van der Waals surface area contributed by atoms with Crippen LogP contribution in [0.4, 0.5) is 0 Å². The van der Waals surface area contributed by atoms with Crippen molar-refractivity contribution in [1.82, 2.24) is 0 Å². The third-order valence-electron chi connectivity index (χ3n) is 2.73. The Kier molecular flexibility index (Phi) is 3.82. The van der Waals surface area contributed by atoms with Gasteiger partial charge in [0, 0.05) is 40.8 Å². The third kappa shape index (κ3) is 2.23. The summed E-state index contributed by atoms with van der Waals surface area (Å²) in [5.41, 5.74) is 2.59. The van der Waals surface area contributed by atoms with Gasteiger partial charge in [-0.2, -0.15) is 0 Å². The van der Waals surface area contributed by atoms with Gasteiger partial charge in [-0.05, 0) is 0 Å². The largest absolute Gasteiger partial charge is 0.145 e. The van der Waals surface area contributed by atoms with Gasteiger partial charge in [0.1, 0.15) is 0 Å². The number of hydrogen-bond acceptors (Lipinski definition) is 0. The average molecular weight is 335 g/mol. The van der Waals surface area contributed by atoms with Crippen LogP contribution in [-0.2, 0) is 0 Å². The van der Waals surface area contributed by atoms with Crippen molar-refractivity contribution in [3.8, 4) is 11.1 Å². The zero-order valence-electron chi connectivity index (χ0n) is 8.85. The van der Waals surface area contributed by atoms with E-state index >= 15 is 0 Å². The monoisotopic (exact) mass is 333 g/mol. The van der Waals surface area contributed by atoms with Gasteiger partial charge in [0.2, 0.25) is 0 Å².